The molecule has 0 bridgehead atoms. The van der Waals surface area contributed by atoms with Gasteiger partial charge in [-0.1, -0.05) is 30.3 Å². The van der Waals surface area contributed by atoms with Crippen LogP contribution in [0.1, 0.15) is 33.1 Å². The van der Waals surface area contributed by atoms with Crippen molar-refractivity contribution in [2.45, 2.75) is 32.7 Å². The normalized spacial score (nSPS) is 16.1. The van der Waals surface area contributed by atoms with Crippen LogP contribution in [-0.4, -0.2) is 36.5 Å². The molecule has 124 valence electrons. The number of aliphatic hydroxyl groups excluding tert-OH is 1. The number of hydrogen-bond donors (Lipinski definition) is 1. The largest absolute Gasteiger partial charge is 0.382 e. The van der Waals surface area contributed by atoms with Gasteiger partial charge in [0.25, 0.3) is 0 Å². The van der Waals surface area contributed by atoms with E-state index < -0.39 is 6.10 Å². The molecule has 0 spiro atoms. The van der Waals surface area contributed by atoms with Crippen molar-refractivity contribution in [2.75, 3.05) is 6.54 Å². The second-order valence-electron chi connectivity index (χ2n) is 6.02. The number of aliphatic hydroxyl groups is 1. The Morgan fingerprint density at radius 2 is 2.04 bits per heavy atom. The van der Waals surface area contributed by atoms with E-state index in [1.54, 1.807) is 11.3 Å². The van der Waals surface area contributed by atoms with Crippen LogP contribution in [0.4, 0.5) is 0 Å². The average Bonchev–Trinajstić information content (AvgIpc) is 3.20. The first-order valence-corrected chi connectivity index (χ1v) is 8.81. The topological polar surface area (TPSA) is 67.1 Å². The van der Waals surface area contributed by atoms with Gasteiger partial charge in [0, 0.05) is 13.1 Å². The van der Waals surface area contributed by atoms with Crippen LogP contribution >= 0.6 is 11.3 Å². The van der Waals surface area contributed by atoms with Crippen molar-refractivity contribution in [3.8, 4) is 0 Å². The number of aromatic nitrogens is 4. The van der Waals surface area contributed by atoms with Crippen LogP contribution in [0, 0.1) is 6.92 Å². The zero-order chi connectivity index (χ0) is 16.5. The highest BCUT2D eigenvalue weighted by atomic mass is 32.1. The van der Waals surface area contributed by atoms with E-state index in [0.717, 1.165) is 47.5 Å². The third-order valence-electron chi connectivity index (χ3n) is 4.22. The molecule has 0 unspecified atom stereocenters. The predicted octanol–water partition coefficient (Wildman–Crippen LogP) is 2.14. The van der Waals surface area contributed by atoms with Gasteiger partial charge in [-0.2, -0.15) is 5.10 Å². The van der Waals surface area contributed by atoms with Crippen molar-refractivity contribution in [2.24, 2.45) is 0 Å². The number of aryl methyl sites for hydroxylation is 1. The van der Waals surface area contributed by atoms with E-state index in [1.165, 1.54) is 0 Å². The highest BCUT2D eigenvalue weighted by molar-refractivity contribution is 7.11. The maximum absolute atomic E-state index is 10.5. The number of hydrogen-bond acceptors (Lipinski definition) is 6. The minimum Gasteiger partial charge on any atom is -0.382 e. The summed E-state index contributed by atoms with van der Waals surface area (Å²) in [4.78, 5) is 2.34. The molecular formula is C17H19N5OS. The maximum Gasteiger partial charge on any atom is 0.131 e. The van der Waals surface area contributed by atoms with Gasteiger partial charge in [0.2, 0.25) is 0 Å². The lowest BCUT2D eigenvalue weighted by molar-refractivity contribution is 0.200. The number of benzene rings is 1. The fourth-order valence-corrected chi connectivity index (χ4v) is 3.76. The molecule has 24 heavy (non-hydrogen) atoms. The van der Waals surface area contributed by atoms with E-state index in [0.29, 0.717) is 5.69 Å². The second-order valence-corrected chi connectivity index (χ2v) is 7.29. The molecule has 7 heteroatoms. The van der Waals surface area contributed by atoms with Crippen LogP contribution in [0.15, 0.2) is 36.4 Å². The Balaban J connectivity index is 1.49. The molecule has 1 aliphatic rings. The maximum atomic E-state index is 10.5. The van der Waals surface area contributed by atoms with Gasteiger partial charge in [0.05, 0.1) is 24.5 Å². The first-order valence-electron chi connectivity index (χ1n) is 8.00. The smallest absolute Gasteiger partial charge is 0.131 e. The van der Waals surface area contributed by atoms with Gasteiger partial charge in [-0.3, -0.25) is 9.58 Å². The Hall–Kier alpha value is -2.09. The molecule has 6 nitrogen and oxygen atoms in total. The van der Waals surface area contributed by atoms with Crippen molar-refractivity contribution in [3.63, 3.8) is 0 Å². The quantitative estimate of drug-likeness (QED) is 0.787. The van der Waals surface area contributed by atoms with E-state index in [2.05, 4.69) is 20.2 Å². The zero-order valence-electron chi connectivity index (χ0n) is 13.5. The highest BCUT2D eigenvalue weighted by Gasteiger charge is 2.22. The summed E-state index contributed by atoms with van der Waals surface area (Å²) in [6, 6.07) is 11.7. The van der Waals surface area contributed by atoms with E-state index in [4.69, 9.17) is 0 Å². The summed E-state index contributed by atoms with van der Waals surface area (Å²) in [5.41, 5.74) is 2.71. The van der Waals surface area contributed by atoms with Crippen molar-refractivity contribution >= 4 is 11.3 Å². The van der Waals surface area contributed by atoms with Crippen LogP contribution in [0.3, 0.4) is 0 Å². The fourth-order valence-electron chi connectivity index (χ4n) is 3.01. The standard InChI is InChI=1S/C17H19N5OS/c1-12-18-19-16(24-12)11-21-7-8-22-14(10-21)9-15(20-22)17(23)13-5-3-2-4-6-13/h2-6,9,17,23H,7-8,10-11H2,1H3/t17-/m0/s1. The molecule has 0 fully saturated rings. The molecule has 3 aromatic rings. The number of fused-ring (bicyclic) bond motifs is 1. The minimum atomic E-state index is -0.677. The fraction of sp³-hybridized carbons (Fsp3) is 0.353. The van der Waals surface area contributed by atoms with E-state index in [9.17, 15) is 5.11 Å². The van der Waals surface area contributed by atoms with Crippen molar-refractivity contribution in [1.29, 1.82) is 0 Å². The van der Waals surface area contributed by atoms with Crippen molar-refractivity contribution < 1.29 is 5.11 Å². The van der Waals surface area contributed by atoms with Gasteiger partial charge < -0.3 is 5.11 Å². The third-order valence-corrected chi connectivity index (χ3v) is 5.04. The average molecular weight is 341 g/mol. The highest BCUT2D eigenvalue weighted by Crippen LogP contribution is 2.24. The lowest BCUT2D eigenvalue weighted by Gasteiger charge is -2.26. The monoisotopic (exact) mass is 341 g/mol. The molecule has 0 saturated heterocycles. The van der Waals surface area contributed by atoms with Gasteiger partial charge in [0.1, 0.15) is 16.1 Å². The predicted molar refractivity (Wildman–Crippen MR) is 91.5 cm³/mol. The molecule has 2 aromatic heterocycles. The Labute approximate surface area is 144 Å². The van der Waals surface area contributed by atoms with Crippen molar-refractivity contribution in [3.05, 3.63) is 63.4 Å². The summed E-state index contributed by atoms with van der Waals surface area (Å²) < 4.78 is 2.00. The van der Waals surface area contributed by atoms with Gasteiger partial charge in [0.15, 0.2) is 0 Å². The molecule has 0 aliphatic carbocycles. The SMILES string of the molecule is Cc1nnc(CN2CCn3nc([C@@H](O)c4ccccc4)cc3C2)s1. The summed E-state index contributed by atoms with van der Waals surface area (Å²) >= 11 is 1.64. The van der Waals surface area contributed by atoms with Crippen LogP contribution in [0.5, 0.6) is 0 Å². The Bertz CT molecular complexity index is 829. The molecule has 4 rings (SSSR count). The molecule has 1 atom stereocenters. The Morgan fingerprint density at radius 1 is 1.21 bits per heavy atom. The summed E-state index contributed by atoms with van der Waals surface area (Å²) in [7, 11) is 0. The number of nitrogens with zero attached hydrogens (tertiary/aromatic N) is 5. The Morgan fingerprint density at radius 3 is 2.79 bits per heavy atom. The lowest BCUT2D eigenvalue weighted by atomic mass is 10.1. The summed E-state index contributed by atoms with van der Waals surface area (Å²) in [6.07, 6.45) is -0.677. The van der Waals surface area contributed by atoms with Crippen molar-refractivity contribution in [1.82, 2.24) is 24.9 Å². The summed E-state index contributed by atoms with van der Waals surface area (Å²) in [5.74, 6) is 0. The van der Waals surface area contributed by atoms with Gasteiger partial charge in [-0.25, -0.2) is 0 Å². The molecule has 3 heterocycles. The van der Waals surface area contributed by atoms with Gasteiger partial charge >= 0.3 is 0 Å². The van der Waals surface area contributed by atoms with E-state index in [1.807, 2.05) is 48.0 Å². The Kier molecular flexibility index (Phi) is 4.13. The van der Waals surface area contributed by atoms with Crippen LogP contribution in [0.2, 0.25) is 0 Å². The van der Waals surface area contributed by atoms with Crippen LogP contribution in [-0.2, 0) is 19.6 Å². The number of rotatable bonds is 4. The molecule has 0 amide bonds. The molecule has 1 aliphatic heterocycles. The molecule has 1 aromatic carbocycles. The molecule has 0 radical (unpaired) electrons. The first-order chi connectivity index (χ1) is 11.7. The minimum absolute atomic E-state index is 0.677. The van der Waals surface area contributed by atoms with Crippen LogP contribution < -0.4 is 0 Å². The molecule has 1 N–H and O–H groups in total. The van der Waals surface area contributed by atoms with Gasteiger partial charge in [-0.15, -0.1) is 21.5 Å². The lowest BCUT2D eigenvalue weighted by Crippen LogP contribution is -2.33. The summed E-state index contributed by atoms with van der Waals surface area (Å²) in [5, 5.41) is 25.5. The molecular weight excluding hydrogens is 322 g/mol. The third kappa shape index (κ3) is 3.10. The summed E-state index contributed by atoms with van der Waals surface area (Å²) in [6.45, 7) is 5.35. The zero-order valence-corrected chi connectivity index (χ0v) is 14.3. The van der Waals surface area contributed by atoms with E-state index in [-0.39, 0.29) is 0 Å². The second kappa shape index (κ2) is 6.43. The first kappa shape index (κ1) is 15.4. The van der Waals surface area contributed by atoms with Crippen LogP contribution in [0.25, 0.3) is 0 Å². The molecule has 0 saturated carbocycles. The van der Waals surface area contributed by atoms with E-state index >= 15 is 0 Å². The van der Waals surface area contributed by atoms with Gasteiger partial charge in [-0.05, 0) is 18.6 Å².